The Hall–Kier alpha value is -0.960. The predicted octanol–water partition coefficient (Wildman–Crippen LogP) is 2.52. The van der Waals surface area contributed by atoms with Gasteiger partial charge in [0, 0.05) is 28.8 Å². The zero-order valence-corrected chi connectivity index (χ0v) is 8.30. The summed E-state index contributed by atoms with van der Waals surface area (Å²) in [5, 5.41) is 1.10. The Morgan fingerprint density at radius 1 is 1.42 bits per heavy atom. The maximum Gasteiger partial charge on any atom is 0.0510 e. The number of nitrogens with zero attached hydrogens (tertiary/aromatic N) is 1. The van der Waals surface area contributed by atoms with E-state index in [0.717, 1.165) is 21.1 Å². The van der Waals surface area contributed by atoms with Gasteiger partial charge in [0.25, 0.3) is 0 Å². The SMILES string of the molecule is Cn1cc(Br)c2c(N)cccc21. The van der Waals surface area contributed by atoms with Crippen LogP contribution in [0.5, 0.6) is 0 Å². The number of nitrogen functional groups attached to an aromatic ring is 1. The second-order valence-electron chi connectivity index (χ2n) is 2.83. The van der Waals surface area contributed by atoms with E-state index in [-0.39, 0.29) is 0 Å². The van der Waals surface area contributed by atoms with Crippen molar-refractivity contribution in [1.82, 2.24) is 4.57 Å². The minimum Gasteiger partial charge on any atom is -0.398 e. The van der Waals surface area contributed by atoms with Crippen molar-refractivity contribution in [1.29, 1.82) is 0 Å². The molecule has 0 aliphatic heterocycles. The van der Waals surface area contributed by atoms with Gasteiger partial charge >= 0.3 is 0 Å². The smallest absolute Gasteiger partial charge is 0.0510 e. The Morgan fingerprint density at radius 2 is 2.17 bits per heavy atom. The molecule has 3 heteroatoms. The van der Waals surface area contributed by atoms with Crippen LogP contribution in [0.4, 0.5) is 5.69 Å². The Balaban J connectivity index is 2.99. The first-order valence-electron chi connectivity index (χ1n) is 3.69. The van der Waals surface area contributed by atoms with E-state index in [1.807, 2.05) is 25.4 Å². The van der Waals surface area contributed by atoms with Gasteiger partial charge in [0.1, 0.15) is 0 Å². The minimum absolute atomic E-state index is 0.819. The molecule has 2 aromatic rings. The fourth-order valence-electron chi connectivity index (χ4n) is 1.42. The van der Waals surface area contributed by atoms with Crippen LogP contribution in [0.1, 0.15) is 0 Å². The zero-order chi connectivity index (χ0) is 8.72. The summed E-state index contributed by atoms with van der Waals surface area (Å²) >= 11 is 3.47. The summed E-state index contributed by atoms with van der Waals surface area (Å²) in [4.78, 5) is 0. The lowest BCUT2D eigenvalue weighted by molar-refractivity contribution is 0.967. The Kier molecular flexibility index (Phi) is 1.61. The fourth-order valence-corrected chi connectivity index (χ4v) is 2.15. The first-order chi connectivity index (χ1) is 5.70. The van der Waals surface area contributed by atoms with Crippen molar-refractivity contribution >= 4 is 32.5 Å². The number of fused-ring (bicyclic) bond motifs is 1. The standard InChI is InChI=1S/C9H9BrN2/c1-12-5-6(10)9-7(11)3-2-4-8(9)12/h2-5H,11H2,1H3. The van der Waals surface area contributed by atoms with Crippen LogP contribution in [0.25, 0.3) is 10.9 Å². The van der Waals surface area contributed by atoms with E-state index in [4.69, 9.17) is 5.73 Å². The molecule has 2 N–H and O–H groups in total. The average Bonchev–Trinajstić information content (AvgIpc) is 2.29. The summed E-state index contributed by atoms with van der Waals surface area (Å²) in [5.41, 5.74) is 7.80. The normalized spacial score (nSPS) is 10.8. The lowest BCUT2D eigenvalue weighted by Gasteiger charge is -1.97. The van der Waals surface area contributed by atoms with Gasteiger partial charge in [0.2, 0.25) is 0 Å². The maximum absolute atomic E-state index is 5.83. The van der Waals surface area contributed by atoms with Crippen LogP contribution in [0.3, 0.4) is 0 Å². The van der Waals surface area contributed by atoms with Gasteiger partial charge in [0.15, 0.2) is 0 Å². The van der Waals surface area contributed by atoms with Gasteiger partial charge in [-0.05, 0) is 28.1 Å². The van der Waals surface area contributed by atoms with Crippen LogP contribution in [-0.2, 0) is 7.05 Å². The van der Waals surface area contributed by atoms with Crippen molar-refractivity contribution in [2.24, 2.45) is 7.05 Å². The van der Waals surface area contributed by atoms with Gasteiger partial charge in [0.05, 0.1) is 5.52 Å². The molecule has 0 fully saturated rings. The number of aryl methyl sites for hydroxylation is 1. The molecule has 0 spiro atoms. The molecule has 0 atom stereocenters. The second-order valence-corrected chi connectivity index (χ2v) is 3.68. The number of anilines is 1. The van der Waals surface area contributed by atoms with E-state index in [0.29, 0.717) is 0 Å². The Morgan fingerprint density at radius 3 is 2.83 bits per heavy atom. The average molecular weight is 225 g/mol. The molecule has 12 heavy (non-hydrogen) atoms. The predicted molar refractivity (Wildman–Crippen MR) is 55.0 cm³/mol. The van der Waals surface area contributed by atoms with Gasteiger partial charge in [-0.3, -0.25) is 0 Å². The minimum atomic E-state index is 0.819. The van der Waals surface area contributed by atoms with Gasteiger partial charge in [-0.1, -0.05) is 6.07 Å². The van der Waals surface area contributed by atoms with Crippen molar-refractivity contribution in [2.45, 2.75) is 0 Å². The molecular formula is C9H9BrN2. The van der Waals surface area contributed by atoms with Gasteiger partial charge in [-0.15, -0.1) is 0 Å². The second kappa shape index (κ2) is 2.52. The van der Waals surface area contributed by atoms with Crippen LogP contribution in [-0.4, -0.2) is 4.57 Å². The van der Waals surface area contributed by atoms with Crippen molar-refractivity contribution in [3.05, 3.63) is 28.9 Å². The van der Waals surface area contributed by atoms with Crippen LogP contribution >= 0.6 is 15.9 Å². The van der Waals surface area contributed by atoms with E-state index in [9.17, 15) is 0 Å². The molecule has 2 nitrogen and oxygen atoms in total. The van der Waals surface area contributed by atoms with E-state index in [1.54, 1.807) is 0 Å². The molecule has 0 saturated carbocycles. The summed E-state index contributed by atoms with van der Waals surface area (Å²) in [6.45, 7) is 0. The molecule has 0 radical (unpaired) electrons. The largest absolute Gasteiger partial charge is 0.398 e. The van der Waals surface area contributed by atoms with Gasteiger partial charge in [-0.25, -0.2) is 0 Å². The Bertz CT molecular complexity index is 431. The van der Waals surface area contributed by atoms with E-state index in [1.165, 1.54) is 0 Å². The van der Waals surface area contributed by atoms with Crippen LogP contribution in [0.2, 0.25) is 0 Å². The fraction of sp³-hybridized carbons (Fsp3) is 0.111. The van der Waals surface area contributed by atoms with Crippen LogP contribution in [0, 0.1) is 0 Å². The third-order valence-electron chi connectivity index (χ3n) is 2.00. The molecule has 62 valence electrons. The number of nitrogens with two attached hydrogens (primary N) is 1. The van der Waals surface area contributed by atoms with Crippen molar-refractivity contribution < 1.29 is 0 Å². The van der Waals surface area contributed by atoms with E-state index < -0.39 is 0 Å². The molecule has 2 rings (SSSR count). The molecule has 1 heterocycles. The lowest BCUT2D eigenvalue weighted by Crippen LogP contribution is -1.87. The highest BCUT2D eigenvalue weighted by atomic mass is 79.9. The van der Waals surface area contributed by atoms with Crippen LogP contribution in [0.15, 0.2) is 28.9 Å². The summed E-state index contributed by atoms with van der Waals surface area (Å²) in [6.07, 6.45) is 2.01. The number of halogens is 1. The van der Waals surface area contributed by atoms with Gasteiger partial charge in [-0.2, -0.15) is 0 Å². The highest BCUT2D eigenvalue weighted by molar-refractivity contribution is 9.10. The number of rotatable bonds is 0. The van der Waals surface area contributed by atoms with E-state index in [2.05, 4.69) is 26.6 Å². The molecule has 0 amide bonds. The first-order valence-corrected chi connectivity index (χ1v) is 4.48. The monoisotopic (exact) mass is 224 g/mol. The molecule has 0 saturated heterocycles. The summed E-state index contributed by atoms with van der Waals surface area (Å²) in [5.74, 6) is 0. The maximum atomic E-state index is 5.83. The highest BCUT2D eigenvalue weighted by Crippen LogP contribution is 2.29. The third-order valence-corrected chi connectivity index (χ3v) is 2.60. The third kappa shape index (κ3) is 0.932. The summed E-state index contributed by atoms with van der Waals surface area (Å²) < 4.78 is 3.11. The molecule has 1 aromatic heterocycles. The molecular weight excluding hydrogens is 216 g/mol. The lowest BCUT2D eigenvalue weighted by atomic mass is 10.2. The number of hydrogen-bond donors (Lipinski definition) is 1. The van der Waals surface area contributed by atoms with Gasteiger partial charge < -0.3 is 10.3 Å². The summed E-state index contributed by atoms with van der Waals surface area (Å²) in [6, 6.07) is 5.92. The number of benzene rings is 1. The summed E-state index contributed by atoms with van der Waals surface area (Å²) in [7, 11) is 2.01. The number of aromatic nitrogens is 1. The highest BCUT2D eigenvalue weighted by Gasteiger charge is 2.05. The first kappa shape index (κ1) is 7.68. The zero-order valence-electron chi connectivity index (χ0n) is 6.71. The van der Waals surface area contributed by atoms with Crippen molar-refractivity contribution in [3.8, 4) is 0 Å². The topological polar surface area (TPSA) is 30.9 Å². The van der Waals surface area contributed by atoms with Crippen molar-refractivity contribution in [3.63, 3.8) is 0 Å². The van der Waals surface area contributed by atoms with Crippen molar-refractivity contribution in [2.75, 3.05) is 5.73 Å². The molecule has 0 aliphatic rings. The molecule has 0 unspecified atom stereocenters. The quantitative estimate of drug-likeness (QED) is 0.686. The molecule has 0 bridgehead atoms. The Labute approximate surface area is 79.1 Å². The van der Waals surface area contributed by atoms with Crippen LogP contribution < -0.4 is 5.73 Å². The molecule has 1 aromatic carbocycles. The number of hydrogen-bond acceptors (Lipinski definition) is 1. The molecule has 0 aliphatic carbocycles. The van der Waals surface area contributed by atoms with E-state index >= 15 is 0 Å².